The van der Waals surface area contributed by atoms with Crippen molar-refractivity contribution in [1.29, 1.82) is 0 Å². The highest BCUT2D eigenvalue weighted by Crippen LogP contribution is 2.01. The molecular weight excluding hydrogens is 180 g/mol. The Kier molecular flexibility index (Phi) is 4.46. The molecule has 0 aliphatic heterocycles. The molecule has 0 aliphatic carbocycles. The molecule has 1 rings (SSSR count). The summed E-state index contributed by atoms with van der Waals surface area (Å²) in [5.74, 6) is 0. The zero-order chi connectivity index (χ0) is 9.52. The highest BCUT2D eigenvalue weighted by atomic mass is 28.3. The third-order valence-corrected chi connectivity index (χ3v) is 2.86. The van der Waals surface area contributed by atoms with E-state index in [1.54, 1.807) is 14.2 Å². The van der Waals surface area contributed by atoms with Crippen molar-refractivity contribution in [2.24, 2.45) is 0 Å². The fourth-order valence-corrected chi connectivity index (χ4v) is 1.72. The van der Waals surface area contributed by atoms with E-state index in [4.69, 9.17) is 8.85 Å². The Hall–Kier alpha value is -0.903. The molecule has 1 radical (unpaired) electrons. The topological polar surface area (TPSA) is 18.5 Å². The first-order valence-electron chi connectivity index (χ1n) is 4.05. The van der Waals surface area contributed by atoms with Gasteiger partial charge in [-0.25, -0.2) is 0 Å². The number of benzene rings is 1. The fraction of sp³-hybridized carbons (Fsp3) is 0.200. The Morgan fingerprint density at radius 2 is 1.69 bits per heavy atom. The van der Waals surface area contributed by atoms with Crippen LogP contribution < -0.4 is 0 Å². The van der Waals surface area contributed by atoms with Crippen LogP contribution in [0, 0.1) is 0 Å². The predicted octanol–water partition coefficient (Wildman–Crippen LogP) is 2.02. The van der Waals surface area contributed by atoms with Crippen LogP contribution in [-0.4, -0.2) is 23.5 Å². The van der Waals surface area contributed by atoms with Crippen molar-refractivity contribution in [1.82, 2.24) is 0 Å². The first-order chi connectivity index (χ1) is 6.36. The number of hydrogen-bond acceptors (Lipinski definition) is 2. The van der Waals surface area contributed by atoms with Crippen molar-refractivity contribution in [3.8, 4) is 0 Å². The van der Waals surface area contributed by atoms with Gasteiger partial charge >= 0.3 is 9.28 Å². The van der Waals surface area contributed by atoms with E-state index in [0.717, 1.165) is 0 Å². The molecule has 2 nitrogen and oxygen atoms in total. The van der Waals surface area contributed by atoms with Gasteiger partial charge < -0.3 is 8.85 Å². The van der Waals surface area contributed by atoms with Crippen molar-refractivity contribution >= 4 is 15.4 Å². The van der Waals surface area contributed by atoms with Gasteiger partial charge in [-0.1, -0.05) is 36.4 Å². The summed E-state index contributed by atoms with van der Waals surface area (Å²) < 4.78 is 10.2. The normalized spacial score (nSPS) is 11.3. The van der Waals surface area contributed by atoms with Gasteiger partial charge in [0.2, 0.25) is 0 Å². The molecule has 0 saturated heterocycles. The average molecular weight is 193 g/mol. The van der Waals surface area contributed by atoms with Crippen LogP contribution in [0.3, 0.4) is 0 Å². The highest BCUT2D eigenvalue weighted by Gasteiger charge is 2.04. The molecule has 0 unspecified atom stereocenters. The van der Waals surface area contributed by atoms with Crippen LogP contribution >= 0.6 is 0 Å². The molecule has 1 aromatic carbocycles. The van der Waals surface area contributed by atoms with Gasteiger partial charge in [0, 0.05) is 14.2 Å². The monoisotopic (exact) mass is 193 g/mol. The van der Waals surface area contributed by atoms with Crippen molar-refractivity contribution < 1.29 is 8.85 Å². The van der Waals surface area contributed by atoms with Gasteiger partial charge in [0.15, 0.2) is 0 Å². The first kappa shape index (κ1) is 10.2. The van der Waals surface area contributed by atoms with E-state index in [1.165, 1.54) is 5.56 Å². The Labute approximate surface area is 80.7 Å². The smallest absolute Gasteiger partial charge is 0.394 e. The van der Waals surface area contributed by atoms with Crippen molar-refractivity contribution in [2.75, 3.05) is 14.2 Å². The van der Waals surface area contributed by atoms with Crippen molar-refractivity contribution in [2.45, 2.75) is 0 Å². The standard InChI is InChI=1S/C10H13O2Si/c1-11-13(12-2)9-8-10-6-4-3-5-7-10/h3-9H,1-2H3. The van der Waals surface area contributed by atoms with E-state index < -0.39 is 9.28 Å². The van der Waals surface area contributed by atoms with E-state index in [0.29, 0.717) is 0 Å². The lowest BCUT2D eigenvalue weighted by molar-refractivity contribution is 0.291. The molecule has 0 bridgehead atoms. The molecule has 0 N–H and O–H groups in total. The molecule has 13 heavy (non-hydrogen) atoms. The molecule has 0 saturated carbocycles. The Morgan fingerprint density at radius 1 is 1.08 bits per heavy atom. The van der Waals surface area contributed by atoms with Gasteiger partial charge in [-0.2, -0.15) is 0 Å². The Balaban J connectivity index is 2.57. The maximum absolute atomic E-state index is 5.11. The quantitative estimate of drug-likeness (QED) is 0.681. The van der Waals surface area contributed by atoms with Crippen LogP contribution in [0.5, 0.6) is 0 Å². The predicted molar refractivity (Wildman–Crippen MR) is 55.2 cm³/mol. The van der Waals surface area contributed by atoms with Gasteiger partial charge in [0.1, 0.15) is 0 Å². The summed E-state index contributed by atoms with van der Waals surface area (Å²) >= 11 is 0. The van der Waals surface area contributed by atoms with E-state index in [1.807, 2.05) is 42.1 Å². The molecule has 0 atom stereocenters. The lowest BCUT2D eigenvalue weighted by Crippen LogP contribution is -2.15. The summed E-state index contributed by atoms with van der Waals surface area (Å²) in [6.45, 7) is 0. The molecule has 0 aromatic heterocycles. The summed E-state index contributed by atoms with van der Waals surface area (Å²) in [7, 11) is 2.12. The molecule has 3 heteroatoms. The van der Waals surface area contributed by atoms with E-state index in [-0.39, 0.29) is 0 Å². The number of hydrogen-bond donors (Lipinski definition) is 0. The molecule has 0 heterocycles. The van der Waals surface area contributed by atoms with Gasteiger partial charge in [-0.3, -0.25) is 0 Å². The molecule has 69 valence electrons. The Bertz CT molecular complexity index is 255. The van der Waals surface area contributed by atoms with Crippen LogP contribution in [0.25, 0.3) is 6.08 Å². The minimum atomic E-state index is -1.20. The summed E-state index contributed by atoms with van der Waals surface area (Å²) in [5, 5.41) is 0. The second-order valence-corrected chi connectivity index (χ2v) is 4.26. The van der Waals surface area contributed by atoms with Gasteiger partial charge in [0.25, 0.3) is 0 Å². The van der Waals surface area contributed by atoms with Gasteiger partial charge in [0.05, 0.1) is 0 Å². The maximum Gasteiger partial charge on any atom is 0.415 e. The lowest BCUT2D eigenvalue weighted by Gasteiger charge is -2.02. The molecule has 0 spiro atoms. The van der Waals surface area contributed by atoms with Crippen molar-refractivity contribution in [3.63, 3.8) is 0 Å². The van der Waals surface area contributed by atoms with Gasteiger partial charge in [-0.05, 0) is 11.3 Å². The summed E-state index contributed by atoms with van der Waals surface area (Å²) in [6, 6.07) is 10.1. The summed E-state index contributed by atoms with van der Waals surface area (Å²) in [5.41, 5.74) is 3.14. The number of rotatable bonds is 4. The van der Waals surface area contributed by atoms with Gasteiger partial charge in [-0.15, -0.1) is 0 Å². The van der Waals surface area contributed by atoms with Crippen LogP contribution in [0.1, 0.15) is 5.56 Å². The van der Waals surface area contributed by atoms with Crippen LogP contribution in [0.4, 0.5) is 0 Å². The minimum Gasteiger partial charge on any atom is -0.394 e. The van der Waals surface area contributed by atoms with Crippen molar-refractivity contribution in [3.05, 3.63) is 41.6 Å². The van der Waals surface area contributed by atoms with Crippen LogP contribution in [0.15, 0.2) is 36.0 Å². The Morgan fingerprint density at radius 3 is 2.23 bits per heavy atom. The maximum atomic E-state index is 5.11. The third-order valence-electron chi connectivity index (χ3n) is 1.61. The lowest BCUT2D eigenvalue weighted by atomic mass is 10.2. The van der Waals surface area contributed by atoms with E-state index >= 15 is 0 Å². The zero-order valence-corrected chi connectivity index (χ0v) is 8.86. The SMILES string of the molecule is CO[Si](C=Cc1ccccc1)OC. The first-order valence-corrected chi connectivity index (χ1v) is 5.44. The fourth-order valence-electron chi connectivity index (χ4n) is 0.948. The second-order valence-electron chi connectivity index (χ2n) is 2.47. The zero-order valence-electron chi connectivity index (χ0n) is 7.86. The molecule has 0 aliphatic rings. The molecule has 1 aromatic rings. The molecule has 0 fully saturated rings. The summed E-state index contributed by atoms with van der Waals surface area (Å²) in [4.78, 5) is 0. The van der Waals surface area contributed by atoms with E-state index in [9.17, 15) is 0 Å². The molecular formula is C10H13O2Si. The second kappa shape index (κ2) is 5.69. The minimum absolute atomic E-state index is 1.17. The average Bonchev–Trinajstić information content (AvgIpc) is 2.21. The van der Waals surface area contributed by atoms with Crippen LogP contribution in [0.2, 0.25) is 0 Å². The van der Waals surface area contributed by atoms with Crippen LogP contribution in [-0.2, 0) is 8.85 Å². The third kappa shape index (κ3) is 3.54. The van der Waals surface area contributed by atoms with E-state index in [2.05, 4.69) is 0 Å². The summed E-state index contributed by atoms with van der Waals surface area (Å²) in [6.07, 6.45) is 2.02. The largest absolute Gasteiger partial charge is 0.415 e. The highest BCUT2D eigenvalue weighted by molar-refractivity contribution is 6.51. The molecule has 0 amide bonds.